The number of hydrogen-bond acceptors (Lipinski definition) is 10. The van der Waals surface area contributed by atoms with Crippen LogP contribution >= 0.6 is 0 Å². The number of para-hydroxylation sites is 3. The first-order valence-corrected chi connectivity index (χ1v) is 35.8. The molecule has 0 fully saturated rings. The smallest absolute Gasteiger partial charge is 0.164 e. The number of fused-ring (bicyclic) bond motifs is 4. The monoisotopic (exact) mass is 2190 g/mol. The van der Waals surface area contributed by atoms with Gasteiger partial charge in [0, 0.05) is 109 Å². The summed E-state index contributed by atoms with van der Waals surface area (Å²) in [6, 6.07) is 102. The largest absolute Gasteiger partial charge is 0.512 e. The summed E-state index contributed by atoms with van der Waals surface area (Å²) >= 11 is 0. The second-order valence-electron chi connectivity index (χ2n) is 28.4. The van der Waals surface area contributed by atoms with E-state index in [0.717, 1.165) is 72.5 Å². The minimum absolute atomic E-state index is 0. The molecule has 4 aromatic heterocycles. The predicted molar refractivity (Wildman–Crippen MR) is 447 cm³/mol. The number of pyridine rings is 4. The fraction of sp³-hybridized carbons (Fsp3) is 0.173. The predicted octanol–water partition coefficient (Wildman–Crippen LogP) is 24.8. The summed E-state index contributed by atoms with van der Waals surface area (Å²) in [4.78, 5) is 50.5. The van der Waals surface area contributed by atoms with Crippen LogP contribution in [-0.4, -0.2) is 52.6 Å². The number of benzene rings is 10. The van der Waals surface area contributed by atoms with Gasteiger partial charge in [-0.1, -0.05) is 248 Å². The number of aliphatic hydroxyl groups is 3. The minimum atomic E-state index is -0.417. The Bertz CT molecular complexity index is 5480. The second-order valence-corrected chi connectivity index (χ2v) is 28.4. The van der Waals surface area contributed by atoms with Gasteiger partial charge >= 0.3 is 0 Å². The van der Waals surface area contributed by atoms with E-state index in [1.54, 1.807) is 0 Å². The molecule has 0 amide bonds. The van der Waals surface area contributed by atoms with Gasteiger partial charge in [-0.15, -0.1) is 136 Å². The van der Waals surface area contributed by atoms with Gasteiger partial charge in [0.2, 0.25) is 0 Å². The second kappa shape index (κ2) is 45.5. The Morgan fingerprint density at radius 3 is 1.26 bits per heavy atom. The zero-order valence-electron chi connectivity index (χ0n) is 65.7. The van der Waals surface area contributed by atoms with Crippen LogP contribution < -0.4 is 0 Å². The Hall–Kier alpha value is -9.93. The number of ketones is 3. The molecule has 4 radical (unpaired) electrons. The molecule has 0 aliphatic rings. The van der Waals surface area contributed by atoms with Crippen molar-refractivity contribution in [2.75, 3.05) is 0 Å². The Labute approximate surface area is 715 Å². The molecule has 0 unspecified atom stereocenters. The van der Waals surface area contributed by atoms with Gasteiger partial charge < -0.3 is 15.3 Å². The van der Waals surface area contributed by atoms with E-state index >= 15 is 0 Å². The molecule has 0 saturated heterocycles. The summed E-state index contributed by atoms with van der Waals surface area (Å²) in [5.74, 6) is -0.0210. The van der Waals surface area contributed by atoms with Crippen molar-refractivity contribution < 1.29 is 110 Å². The topological polar surface area (TPSA) is 163 Å². The summed E-state index contributed by atoms with van der Waals surface area (Å²) < 4.78 is 0. The van der Waals surface area contributed by atoms with E-state index in [1.807, 2.05) is 139 Å². The van der Waals surface area contributed by atoms with E-state index < -0.39 is 5.41 Å². The van der Waals surface area contributed by atoms with Crippen LogP contribution in [0, 0.1) is 69.7 Å². The summed E-state index contributed by atoms with van der Waals surface area (Å²) in [7, 11) is 0. The summed E-state index contributed by atoms with van der Waals surface area (Å²) in [6.45, 7) is 27.3. The maximum Gasteiger partial charge on any atom is 0.164 e. The Balaban J connectivity index is 0.000000284. The zero-order valence-corrected chi connectivity index (χ0v) is 75.3. The first-order valence-electron chi connectivity index (χ1n) is 35.8. The van der Waals surface area contributed by atoms with E-state index in [2.05, 4.69) is 233 Å². The van der Waals surface area contributed by atoms with Gasteiger partial charge in [-0.2, -0.15) is 0 Å². The van der Waals surface area contributed by atoms with Crippen molar-refractivity contribution in [3.05, 3.63) is 348 Å². The molecule has 14 heteroatoms. The number of rotatable bonds is 9. The van der Waals surface area contributed by atoms with Crippen LogP contribution in [0.5, 0.6) is 0 Å². The Morgan fingerprint density at radius 1 is 0.339 bits per heavy atom. The fourth-order valence-corrected chi connectivity index (χ4v) is 10.9. The summed E-state index contributed by atoms with van der Waals surface area (Å²) in [6.07, 6.45) is 3.67. The molecule has 14 aromatic rings. The molecule has 0 atom stereocenters. The van der Waals surface area contributed by atoms with Crippen molar-refractivity contribution in [1.82, 2.24) is 19.9 Å². The SMILES string of the molecule is CC(=O)C=C(C)O.CC(=O)C=C(C)O.CC(C)(C)C(=O)C=C(O)C(C)(C)C.Cc1c[c-]c(-c2ccc3ccccc3n2)cc1C.Cc1ccc2nc(-c3[c-]cc(-c4ccccc4)cc3)c(C)cc2c1.Cc1ccc[c-]c1-c1ccc2ccccc2n1.[Ir].[Ir].[Ir].[Ir].[c-]1ccc(-c2ccccc2)cc1-c1ccc2ccccc2n1. The maximum atomic E-state index is 11.5. The molecule has 112 heavy (non-hydrogen) atoms. The summed E-state index contributed by atoms with van der Waals surface area (Å²) in [5, 5.41) is 31.0. The number of aliphatic hydroxyl groups excluding tert-OH is 3. The molecule has 10 nitrogen and oxygen atoms in total. The first-order chi connectivity index (χ1) is 51.5. The van der Waals surface area contributed by atoms with Crippen molar-refractivity contribution in [3.63, 3.8) is 0 Å². The average molecular weight is 2190 g/mol. The van der Waals surface area contributed by atoms with Gasteiger partial charge in [-0.25, -0.2) is 0 Å². The summed E-state index contributed by atoms with van der Waals surface area (Å²) in [5.41, 5.74) is 22.4. The third kappa shape index (κ3) is 29.3. The Kier molecular flexibility index (Phi) is 38.4. The minimum Gasteiger partial charge on any atom is -0.512 e. The third-order valence-corrected chi connectivity index (χ3v) is 16.9. The molecule has 582 valence electrons. The van der Waals surface area contributed by atoms with Gasteiger partial charge in [0.25, 0.3) is 0 Å². The van der Waals surface area contributed by atoms with Crippen LogP contribution in [0.25, 0.3) is 111 Å². The van der Waals surface area contributed by atoms with E-state index in [-0.39, 0.29) is 120 Å². The van der Waals surface area contributed by atoms with Crippen molar-refractivity contribution in [1.29, 1.82) is 0 Å². The molecule has 3 N–H and O–H groups in total. The average Bonchev–Trinajstić information content (AvgIpc) is 0.814. The van der Waals surface area contributed by atoms with Crippen LogP contribution in [-0.2, 0) is 94.8 Å². The van der Waals surface area contributed by atoms with Crippen molar-refractivity contribution in [2.45, 2.75) is 104 Å². The van der Waals surface area contributed by atoms with E-state index in [1.165, 1.54) is 112 Å². The van der Waals surface area contributed by atoms with Gasteiger partial charge in [0.15, 0.2) is 17.3 Å². The molecule has 0 spiro atoms. The van der Waals surface area contributed by atoms with Gasteiger partial charge in [-0.3, -0.25) is 34.3 Å². The normalized spacial score (nSPS) is 10.9. The number of aromatic nitrogens is 4. The number of carbonyl (C=O) groups is 3. The maximum absolute atomic E-state index is 11.5. The first kappa shape index (κ1) is 94.4. The third-order valence-electron chi connectivity index (χ3n) is 16.9. The van der Waals surface area contributed by atoms with E-state index in [9.17, 15) is 19.5 Å². The van der Waals surface area contributed by atoms with Crippen LogP contribution in [0.15, 0.2) is 296 Å². The van der Waals surface area contributed by atoms with Crippen molar-refractivity contribution in [2.24, 2.45) is 10.8 Å². The van der Waals surface area contributed by atoms with Gasteiger partial charge in [0.05, 0.1) is 33.6 Å². The molecule has 14 rings (SSSR count). The number of allylic oxidation sites excluding steroid dienone is 6. The van der Waals surface area contributed by atoms with E-state index in [0.29, 0.717) is 0 Å². The molecular weight excluding hydrogens is 2100 g/mol. The molecule has 4 heterocycles. The van der Waals surface area contributed by atoms with Crippen LogP contribution in [0.1, 0.15) is 97.1 Å². The molecule has 0 aliphatic heterocycles. The standard InChI is InChI=1S/C23H18N.C21H14N.C17H14N.C16H12N.C11H20O2.2C5H8O2.4Ir/c1-16-8-13-22-21(14-16)15-17(2)23(24-22)20-11-9-19(10-12-20)18-6-4-3-5-7-18;1-2-7-16(8-3-1)18-10-6-11-19(15-18)21-14-13-17-9-4-5-12-20(17)22-21;1-12-7-8-15(11-13(12)2)17-10-9-14-5-3-4-6-16(14)18-17;1-12-6-2-4-8-14(12)16-11-10-13-7-3-5-9-15(13)17-16;1-10(2,3)8(12)7-9(13)11(4,5)6;2*1-4(6)3-5(2)7;;;;/h3-11,13-15H,1-2H3;1-10,12-15H;3-7,9-11H,1-2H3;2-7,9-11H,1H3;7,12H,1-6H3;2*3,6H,1-2H3;;;;/q4*-1;;;;;;;. The molecule has 0 aliphatic carbocycles. The number of nitrogens with zero attached hydrogens (tertiary/aromatic N) is 4. The van der Waals surface area contributed by atoms with Crippen LogP contribution in [0.2, 0.25) is 0 Å². The Morgan fingerprint density at radius 2 is 0.804 bits per heavy atom. The molecule has 0 saturated carbocycles. The van der Waals surface area contributed by atoms with Crippen LogP contribution in [0.4, 0.5) is 0 Å². The fourth-order valence-electron chi connectivity index (χ4n) is 10.9. The van der Waals surface area contributed by atoms with Crippen LogP contribution in [0.3, 0.4) is 0 Å². The number of hydrogen-bond donors (Lipinski definition) is 3. The van der Waals surface area contributed by atoms with Gasteiger partial charge in [0.1, 0.15) is 5.76 Å². The van der Waals surface area contributed by atoms with Crippen molar-refractivity contribution >= 4 is 61.0 Å². The number of carbonyl (C=O) groups excluding carboxylic acids is 3. The van der Waals surface area contributed by atoms with E-state index in [4.69, 9.17) is 20.2 Å². The quantitative estimate of drug-likeness (QED) is 0.0720. The van der Waals surface area contributed by atoms with Crippen molar-refractivity contribution in [3.8, 4) is 67.3 Å². The molecule has 10 aromatic carbocycles. The number of aryl methyl sites for hydroxylation is 5. The zero-order chi connectivity index (χ0) is 78.1. The molecular formula is C98H94Ir4N4O6-4. The molecule has 0 bridgehead atoms. The van der Waals surface area contributed by atoms with Gasteiger partial charge in [-0.05, 0) is 122 Å².